The third-order valence-electron chi connectivity index (χ3n) is 5.21. The second-order valence-electron chi connectivity index (χ2n) is 6.91. The fourth-order valence-corrected chi connectivity index (χ4v) is 5.11. The van der Waals surface area contributed by atoms with Crippen LogP contribution in [0.25, 0.3) is 0 Å². The van der Waals surface area contributed by atoms with Crippen molar-refractivity contribution in [1.82, 2.24) is 4.31 Å². The van der Waals surface area contributed by atoms with Gasteiger partial charge in [0, 0.05) is 43.1 Å². The van der Waals surface area contributed by atoms with Gasteiger partial charge in [-0.05, 0) is 36.8 Å². The summed E-state index contributed by atoms with van der Waals surface area (Å²) in [5, 5.41) is 0. The molecule has 0 unspecified atom stereocenters. The Morgan fingerprint density at radius 1 is 1.15 bits per heavy atom. The lowest BCUT2D eigenvalue weighted by Gasteiger charge is -2.21. The fraction of sp³-hybridized carbons (Fsp3) is 0.400. The Balaban J connectivity index is 1.70. The smallest absolute Gasteiger partial charge is 0.243 e. The Hall–Kier alpha value is -2.25. The van der Waals surface area contributed by atoms with E-state index in [4.69, 9.17) is 14.2 Å². The zero-order valence-corrected chi connectivity index (χ0v) is 16.6. The lowest BCUT2D eigenvalue weighted by molar-refractivity contribution is 0.348. The third-order valence-corrected chi connectivity index (χ3v) is 7.17. The van der Waals surface area contributed by atoms with Crippen molar-refractivity contribution in [3.63, 3.8) is 0 Å². The zero-order chi connectivity index (χ0) is 19.2. The molecule has 0 bridgehead atoms. The molecule has 7 heteroatoms. The monoisotopic (exact) mass is 389 g/mol. The Kier molecular flexibility index (Phi) is 4.52. The maximum atomic E-state index is 13.2. The van der Waals surface area contributed by atoms with Crippen LogP contribution in [0, 0.1) is 6.92 Å². The minimum absolute atomic E-state index is 0.253. The largest absolute Gasteiger partial charge is 0.497 e. The van der Waals surface area contributed by atoms with Crippen LogP contribution in [0.4, 0.5) is 0 Å². The topological polar surface area (TPSA) is 65.1 Å². The molecule has 2 heterocycles. The molecule has 0 aliphatic carbocycles. The standard InChI is InChI=1S/C20H23NO5S/c1-13-10-15(24-3)4-5-19(13)27(22,23)21(2)12-17-16-7-9-25-18(16)11-14-6-8-26-20(14)17/h4-5,10-11H,6-9,12H2,1-3H3. The molecule has 0 amide bonds. The number of sulfonamides is 1. The Morgan fingerprint density at radius 3 is 2.67 bits per heavy atom. The predicted molar refractivity (Wildman–Crippen MR) is 101 cm³/mol. The van der Waals surface area contributed by atoms with E-state index in [-0.39, 0.29) is 11.4 Å². The van der Waals surface area contributed by atoms with Gasteiger partial charge < -0.3 is 14.2 Å². The van der Waals surface area contributed by atoms with Crippen LogP contribution >= 0.6 is 0 Å². The van der Waals surface area contributed by atoms with Gasteiger partial charge in [-0.1, -0.05) is 0 Å². The molecule has 2 aromatic rings. The van der Waals surface area contributed by atoms with Gasteiger partial charge in [0.2, 0.25) is 10.0 Å². The highest BCUT2D eigenvalue weighted by atomic mass is 32.2. The molecule has 4 rings (SSSR count). The maximum absolute atomic E-state index is 13.2. The summed E-state index contributed by atoms with van der Waals surface area (Å²) in [6, 6.07) is 7.04. The average Bonchev–Trinajstić information content (AvgIpc) is 3.29. The van der Waals surface area contributed by atoms with E-state index in [9.17, 15) is 8.42 Å². The molecule has 144 valence electrons. The van der Waals surface area contributed by atoms with Crippen molar-refractivity contribution in [2.24, 2.45) is 0 Å². The van der Waals surface area contributed by atoms with Crippen molar-refractivity contribution < 1.29 is 22.6 Å². The summed E-state index contributed by atoms with van der Waals surface area (Å²) in [5.41, 5.74) is 3.74. The van der Waals surface area contributed by atoms with E-state index in [0.29, 0.717) is 24.5 Å². The molecule has 0 N–H and O–H groups in total. The molecule has 2 aliphatic heterocycles. The van der Waals surface area contributed by atoms with Crippen molar-refractivity contribution in [2.45, 2.75) is 31.2 Å². The number of ether oxygens (including phenoxy) is 3. The van der Waals surface area contributed by atoms with Gasteiger partial charge in [0.05, 0.1) is 25.2 Å². The summed E-state index contributed by atoms with van der Waals surface area (Å²) < 4.78 is 44.5. The van der Waals surface area contributed by atoms with Crippen LogP contribution in [0.2, 0.25) is 0 Å². The number of rotatable bonds is 5. The van der Waals surface area contributed by atoms with Crippen LogP contribution in [0.1, 0.15) is 22.3 Å². The van der Waals surface area contributed by atoms with Gasteiger partial charge in [-0.3, -0.25) is 0 Å². The summed E-state index contributed by atoms with van der Waals surface area (Å²) >= 11 is 0. The maximum Gasteiger partial charge on any atom is 0.243 e. The van der Waals surface area contributed by atoms with Crippen LogP contribution in [0.5, 0.6) is 17.2 Å². The Labute approximate surface area is 159 Å². The molecular weight excluding hydrogens is 366 g/mol. The molecule has 27 heavy (non-hydrogen) atoms. The van der Waals surface area contributed by atoms with Gasteiger partial charge in [-0.2, -0.15) is 4.31 Å². The van der Waals surface area contributed by atoms with E-state index in [2.05, 4.69) is 0 Å². The van der Waals surface area contributed by atoms with E-state index >= 15 is 0 Å². The molecular formula is C20H23NO5S. The number of hydrogen-bond donors (Lipinski definition) is 0. The SMILES string of the molecule is COc1ccc(S(=O)(=O)N(C)Cc2c3c(cc4c2OCC4)OCC3)c(C)c1. The highest BCUT2D eigenvalue weighted by Gasteiger charge is 2.30. The van der Waals surface area contributed by atoms with Crippen LogP contribution in [0.15, 0.2) is 29.2 Å². The molecule has 0 saturated heterocycles. The van der Waals surface area contributed by atoms with Gasteiger partial charge in [-0.25, -0.2) is 8.42 Å². The van der Waals surface area contributed by atoms with Gasteiger partial charge >= 0.3 is 0 Å². The predicted octanol–water partition coefficient (Wildman–Crippen LogP) is 2.69. The Morgan fingerprint density at radius 2 is 1.93 bits per heavy atom. The van der Waals surface area contributed by atoms with Crippen molar-refractivity contribution >= 4 is 10.0 Å². The molecule has 0 saturated carbocycles. The van der Waals surface area contributed by atoms with Crippen LogP contribution in [-0.4, -0.2) is 40.1 Å². The number of hydrogen-bond acceptors (Lipinski definition) is 5. The number of fused-ring (bicyclic) bond motifs is 2. The van der Waals surface area contributed by atoms with E-state index in [0.717, 1.165) is 41.0 Å². The van der Waals surface area contributed by atoms with Crippen LogP contribution in [0.3, 0.4) is 0 Å². The highest BCUT2D eigenvalue weighted by molar-refractivity contribution is 7.89. The first-order chi connectivity index (χ1) is 12.9. The van der Waals surface area contributed by atoms with E-state index in [1.165, 1.54) is 4.31 Å². The number of benzene rings is 2. The summed E-state index contributed by atoms with van der Waals surface area (Å²) in [6.07, 6.45) is 1.60. The van der Waals surface area contributed by atoms with Crippen LogP contribution in [-0.2, 0) is 29.4 Å². The minimum Gasteiger partial charge on any atom is -0.497 e. The van der Waals surface area contributed by atoms with Gasteiger partial charge in [0.1, 0.15) is 17.2 Å². The number of aryl methyl sites for hydroxylation is 1. The summed E-state index contributed by atoms with van der Waals surface area (Å²) in [4.78, 5) is 0.284. The summed E-state index contributed by atoms with van der Waals surface area (Å²) in [5.74, 6) is 2.33. The second-order valence-corrected chi connectivity index (χ2v) is 8.92. The van der Waals surface area contributed by atoms with E-state index in [1.807, 2.05) is 6.07 Å². The van der Waals surface area contributed by atoms with Crippen molar-refractivity contribution in [3.05, 3.63) is 46.5 Å². The first-order valence-corrected chi connectivity index (χ1v) is 10.4. The molecule has 2 aromatic carbocycles. The molecule has 6 nitrogen and oxygen atoms in total. The molecule has 0 aromatic heterocycles. The summed E-state index contributed by atoms with van der Waals surface area (Å²) in [7, 11) is -0.476. The van der Waals surface area contributed by atoms with Crippen molar-refractivity contribution in [1.29, 1.82) is 0 Å². The first kappa shape index (κ1) is 18.1. The van der Waals surface area contributed by atoms with Crippen LogP contribution < -0.4 is 14.2 Å². The van der Waals surface area contributed by atoms with Crippen molar-refractivity contribution in [2.75, 3.05) is 27.4 Å². The lowest BCUT2D eigenvalue weighted by Crippen LogP contribution is -2.27. The molecule has 0 spiro atoms. The number of nitrogens with zero attached hydrogens (tertiary/aromatic N) is 1. The highest BCUT2D eigenvalue weighted by Crippen LogP contribution is 2.41. The van der Waals surface area contributed by atoms with Gasteiger partial charge in [0.15, 0.2) is 0 Å². The average molecular weight is 389 g/mol. The second kappa shape index (κ2) is 6.73. The summed E-state index contributed by atoms with van der Waals surface area (Å²) in [6.45, 7) is 3.28. The van der Waals surface area contributed by atoms with E-state index < -0.39 is 10.0 Å². The van der Waals surface area contributed by atoms with Gasteiger partial charge in [0.25, 0.3) is 0 Å². The lowest BCUT2D eigenvalue weighted by atomic mass is 9.99. The molecule has 0 radical (unpaired) electrons. The molecule has 0 fully saturated rings. The van der Waals surface area contributed by atoms with Crippen molar-refractivity contribution in [3.8, 4) is 17.2 Å². The molecule has 2 aliphatic rings. The Bertz CT molecular complexity index is 968. The third kappa shape index (κ3) is 3.04. The fourth-order valence-electron chi connectivity index (χ4n) is 3.77. The van der Waals surface area contributed by atoms with E-state index in [1.54, 1.807) is 39.3 Å². The van der Waals surface area contributed by atoms with Gasteiger partial charge in [-0.15, -0.1) is 0 Å². The normalized spacial score (nSPS) is 15.3. The molecule has 0 atom stereocenters. The first-order valence-electron chi connectivity index (χ1n) is 8.96. The minimum atomic E-state index is -3.65. The zero-order valence-electron chi connectivity index (χ0n) is 15.7. The quantitative estimate of drug-likeness (QED) is 0.787. The number of methoxy groups -OCH3 is 1.